The van der Waals surface area contributed by atoms with Gasteiger partial charge in [-0.2, -0.15) is 0 Å². The second kappa shape index (κ2) is 5.75. The van der Waals surface area contributed by atoms with Gasteiger partial charge in [-0.3, -0.25) is 0 Å². The lowest BCUT2D eigenvalue weighted by Gasteiger charge is -2.15. The zero-order chi connectivity index (χ0) is 12.1. The molecule has 0 atom stereocenters. The monoisotopic (exact) mass is 242 g/mol. The van der Waals surface area contributed by atoms with Gasteiger partial charge in [0.15, 0.2) is 11.5 Å². The van der Waals surface area contributed by atoms with Gasteiger partial charge in [0.25, 0.3) is 0 Å². The van der Waals surface area contributed by atoms with Crippen LogP contribution in [0.15, 0.2) is 6.07 Å². The first-order chi connectivity index (χ1) is 7.65. The van der Waals surface area contributed by atoms with E-state index in [1.165, 1.54) is 0 Å². The highest BCUT2D eigenvalue weighted by molar-refractivity contribution is 6.31. The first-order valence-corrected chi connectivity index (χ1v) is 5.37. The number of carbonyl (C=O) groups excluding carboxylic acids is 1. The molecule has 0 aliphatic carbocycles. The second-order valence-electron chi connectivity index (χ2n) is 3.41. The van der Waals surface area contributed by atoms with E-state index in [0.717, 1.165) is 17.4 Å². The van der Waals surface area contributed by atoms with Crippen molar-refractivity contribution in [2.75, 3.05) is 14.2 Å². The Morgan fingerprint density at radius 2 is 1.94 bits per heavy atom. The van der Waals surface area contributed by atoms with E-state index in [-0.39, 0.29) is 0 Å². The lowest BCUT2D eigenvalue weighted by molar-refractivity contribution is -0.107. The SMILES string of the molecule is COc1c(CCC=O)cc(Cl)c(C)c1OC. The molecule has 1 aromatic rings. The quantitative estimate of drug-likeness (QED) is 0.745. The van der Waals surface area contributed by atoms with Crippen molar-refractivity contribution in [2.45, 2.75) is 19.8 Å². The molecule has 0 unspecified atom stereocenters. The average molecular weight is 243 g/mol. The van der Waals surface area contributed by atoms with E-state index in [4.69, 9.17) is 21.1 Å². The van der Waals surface area contributed by atoms with Crippen LogP contribution in [0.1, 0.15) is 17.5 Å². The Hall–Kier alpha value is -1.22. The van der Waals surface area contributed by atoms with Crippen LogP contribution in [-0.4, -0.2) is 20.5 Å². The van der Waals surface area contributed by atoms with Gasteiger partial charge >= 0.3 is 0 Å². The smallest absolute Gasteiger partial charge is 0.165 e. The van der Waals surface area contributed by atoms with Crippen molar-refractivity contribution in [2.24, 2.45) is 0 Å². The third-order valence-corrected chi connectivity index (χ3v) is 2.83. The van der Waals surface area contributed by atoms with Crippen molar-refractivity contribution >= 4 is 17.9 Å². The molecule has 0 aromatic heterocycles. The summed E-state index contributed by atoms with van der Waals surface area (Å²) in [7, 11) is 3.15. The van der Waals surface area contributed by atoms with Crippen LogP contribution in [0.5, 0.6) is 11.5 Å². The van der Waals surface area contributed by atoms with Gasteiger partial charge in [-0.15, -0.1) is 0 Å². The lowest BCUT2D eigenvalue weighted by atomic mass is 10.1. The van der Waals surface area contributed by atoms with Gasteiger partial charge in [0.2, 0.25) is 0 Å². The number of rotatable bonds is 5. The van der Waals surface area contributed by atoms with Crippen LogP contribution < -0.4 is 9.47 Å². The summed E-state index contributed by atoms with van der Waals surface area (Å²) < 4.78 is 10.6. The van der Waals surface area contributed by atoms with E-state index in [1.807, 2.05) is 13.0 Å². The molecule has 0 fully saturated rings. The van der Waals surface area contributed by atoms with Crippen LogP contribution in [0.3, 0.4) is 0 Å². The highest BCUT2D eigenvalue weighted by Crippen LogP contribution is 2.39. The first kappa shape index (κ1) is 12.8. The Labute approximate surface area is 100 Å². The molecule has 88 valence electrons. The van der Waals surface area contributed by atoms with E-state index >= 15 is 0 Å². The maximum absolute atomic E-state index is 10.4. The Balaban J connectivity index is 3.25. The average Bonchev–Trinajstić information content (AvgIpc) is 2.29. The van der Waals surface area contributed by atoms with Crippen LogP contribution >= 0.6 is 11.6 Å². The molecule has 0 radical (unpaired) electrons. The fourth-order valence-corrected chi connectivity index (χ4v) is 1.84. The molecule has 4 heteroatoms. The molecule has 16 heavy (non-hydrogen) atoms. The summed E-state index contributed by atoms with van der Waals surface area (Å²) >= 11 is 6.08. The number of hydrogen-bond acceptors (Lipinski definition) is 3. The first-order valence-electron chi connectivity index (χ1n) is 4.99. The predicted molar refractivity (Wildman–Crippen MR) is 63.7 cm³/mol. The van der Waals surface area contributed by atoms with E-state index in [2.05, 4.69) is 0 Å². The number of hydrogen-bond donors (Lipinski definition) is 0. The Kier molecular flexibility index (Phi) is 4.62. The Bertz CT molecular complexity index is 388. The molecule has 1 aromatic carbocycles. The minimum absolute atomic E-state index is 0.443. The maximum Gasteiger partial charge on any atom is 0.165 e. The number of carbonyl (C=O) groups is 1. The molecule has 0 aliphatic rings. The van der Waals surface area contributed by atoms with Crippen LogP contribution in [-0.2, 0) is 11.2 Å². The second-order valence-corrected chi connectivity index (χ2v) is 3.82. The Morgan fingerprint density at radius 3 is 2.44 bits per heavy atom. The van der Waals surface area contributed by atoms with Crippen LogP contribution in [0, 0.1) is 6.92 Å². The molecule has 0 aliphatic heterocycles. The van der Waals surface area contributed by atoms with Crippen molar-refractivity contribution in [1.82, 2.24) is 0 Å². The summed E-state index contributed by atoms with van der Waals surface area (Å²) in [5, 5.41) is 0.624. The van der Waals surface area contributed by atoms with Gasteiger partial charge in [-0.25, -0.2) is 0 Å². The molecule has 0 amide bonds. The van der Waals surface area contributed by atoms with Gasteiger partial charge in [-0.1, -0.05) is 11.6 Å². The highest BCUT2D eigenvalue weighted by atomic mass is 35.5. The molecule has 0 heterocycles. The Morgan fingerprint density at radius 1 is 1.31 bits per heavy atom. The van der Waals surface area contributed by atoms with Crippen molar-refractivity contribution in [1.29, 1.82) is 0 Å². The van der Waals surface area contributed by atoms with Gasteiger partial charge in [0.1, 0.15) is 6.29 Å². The van der Waals surface area contributed by atoms with Crippen molar-refractivity contribution < 1.29 is 14.3 Å². The molecule has 0 saturated heterocycles. The maximum atomic E-state index is 10.4. The van der Waals surface area contributed by atoms with Gasteiger partial charge in [0, 0.05) is 17.0 Å². The third kappa shape index (κ3) is 2.47. The molecule has 3 nitrogen and oxygen atoms in total. The minimum atomic E-state index is 0.443. The predicted octanol–water partition coefficient (Wildman–Crippen LogP) is 2.80. The number of benzene rings is 1. The lowest BCUT2D eigenvalue weighted by Crippen LogP contribution is -1.99. The van der Waals surface area contributed by atoms with Crippen molar-refractivity contribution in [3.05, 3.63) is 22.2 Å². The number of methoxy groups -OCH3 is 2. The van der Waals surface area contributed by atoms with Crippen LogP contribution in [0.4, 0.5) is 0 Å². The summed E-state index contributed by atoms with van der Waals surface area (Å²) in [6.45, 7) is 1.87. The van der Waals surface area contributed by atoms with Crippen LogP contribution in [0.25, 0.3) is 0 Å². The fourth-order valence-electron chi connectivity index (χ4n) is 1.62. The number of aryl methyl sites for hydroxylation is 1. The van der Waals surface area contributed by atoms with Crippen LogP contribution in [0.2, 0.25) is 5.02 Å². The standard InChI is InChI=1S/C12H15ClO3/c1-8-10(13)7-9(5-4-6-14)12(16-3)11(8)15-2/h6-7H,4-5H2,1-3H3. The van der Waals surface area contributed by atoms with Gasteiger partial charge < -0.3 is 14.3 Å². The summed E-state index contributed by atoms with van der Waals surface area (Å²) in [6, 6.07) is 1.82. The molecular weight excluding hydrogens is 228 g/mol. The number of halogens is 1. The molecule has 1 rings (SSSR count). The summed E-state index contributed by atoms with van der Waals surface area (Å²) in [5.74, 6) is 1.29. The van der Waals surface area contributed by atoms with E-state index in [0.29, 0.717) is 29.4 Å². The summed E-state index contributed by atoms with van der Waals surface area (Å²) in [4.78, 5) is 10.4. The highest BCUT2D eigenvalue weighted by Gasteiger charge is 2.15. The van der Waals surface area contributed by atoms with Gasteiger partial charge in [-0.05, 0) is 25.0 Å². The van der Waals surface area contributed by atoms with E-state index in [1.54, 1.807) is 14.2 Å². The third-order valence-electron chi connectivity index (χ3n) is 2.44. The number of ether oxygens (including phenoxy) is 2. The minimum Gasteiger partial charge on any atom is -0.493 e. The fraction of sp³-hybridized carbons (Fsp3) is 0.417. The molecule has 0 bridgehead atoms. The van der Waals surface area contributed by atoms with Crippen molar-refractivity contribution in [3.8, 4) is 11.5 Å². The molecule has 0 saturated carbocycles. The molecule has 0 spiro atoms. The topological polar surface area (TPSA) is 35.5 Å². The van der Waals surface area contributed by atoms with E-state index < -0.39 is 0 Å². The normalized spacial score (nSPS) is 10.0. The summed E-state index contributed by atoms with van der Waals surface area (Å²) in [5.41, 5.74) is 1.73. The summed E-state index contributed by atoms with van der Waals surface area (Å²) in [6.07, 6.45) is 1.92. The zero-order valence-electron chi connectivity index (χ0n) is 9.67. The zero-order valence-corrected chi connectivity index (χ0v) is 10.4. The largest absolute Gasteiger partial charge is 0.493 e. The van der Waals surface area contributed by atoms with E-state index in [9.17, 15) is 4.79 Å². The number of aldehydes is 1. The molecular formula is C12H15ClO3. The van der Waals surface area contributed by atoms with Gasteiger partial charge in [0.05, 0.1) is 14.2 Å². The molecule has 0 N–H and O–H groups in total. The van der Waals surface area contributed by atoms with Crippen molar-refractivity contribution in [3.63, 3.8) is 0 Å².